The predicted molar refractivity (Wildman–Crippen MR) is 76.3 cm³/mol. The van der Waals surface area contributed by atoms with Crippen molar-refractivity contribution in [3.63, 3.8) is 0 Å². The molecule has 1 aliphatic rings. The maximum atomic E-state index is 12.4. The van der Waals surface area contributed by atoms with E-state index in [0.717, 1.165) is 5.56 Å². The van der Waals surface area contributed by atoms with Crippen molar-refractivity contribution in [2.45, 2.75) is 31.7 Å². The van der Waals surface area contributed by atoms with Crippen LogP contribution in [0.2, 0.25) is 0 Å². The monoisotopic (exact) mass is 311 g/mol. The van der Waals surface area contributed by atoms with Crippen LogP contribution in [0.1, 0.15) is 16.7 Å². The van der Waals surface area contributed by atoms with Gasteiger partial charge in [0.25, 0.3) is 5.91 Å². The molecule has 1 fully saturated rings. The minimum Gasteiger partial charge on any atom is -0.325 e. The third-order valence-electron chi connectivity index (χ3n) is 3.21. The first-order valence-corrected chi connectivity index (χ1v) is 7.88. The highest BCUT2D eigenvalue weighted by Gasteiger charge is 2.31. The number of amides is 3. The molecule has 1 unspecified atom stereocenters. The normalized spacial score (nSPS) is 18.5. The molecule has 0 spiro atoms. The molecule has 21 heavy (non-hydrogen) atoms. The van der Waals surface area contributed by atoms with Gasteiger partial charge in [-0.25, -0.2) is 17.9 Å². The number of hydrogen-bond acceptors (Lipinski definition) is 4. The zero-order chi connectivity index (χ0) is 15.8. The van der Waals surface area contributed by atoms with E-state index in [1.165, 1.54) is 0 Å². The van der Waals surface area contributed by atoms with Crippen molar-refractivity contribution in [1.29, 1.82) is 0 Å². The molecule has 0 radical (unpaired) electrons. The molecule has 3 N–H and O–H groups in total. The molecule has 2 rings (SSSR count). The number of aryl methyl sites for hydroxylation is 3. The summed E-state index contributed by atoms with van der Waals surface area (Å²) in [7, 11) is -3.75. The molecule has 7 nitrogen and oxygen atoms in total. The molecule has 0 bridgehead atoms. The summed E-state index contributed by atoms with van der Waals surface area (Å²) in [6.07, 6.45) is 0. The molecule has 1 saturated heterocycles. The van der Waals surface area contributed by atoms with E-state index >= 15 is 0 Å². The second-order valence-corrected chi connectivity index (χ2v) is 6.80. The van der Waals surface area contributed by atoms with E-state index in [9.17, 15) is 18.0 Å². The van der Waals surface area contributed by atoms with E-state index in [2.05, 4.69) is 10.0 Å². The summed E-state index contributed by atoms with van der Waals surface area (Å²) in [6, 6.07) is 2.06. The van der Waals surface area contributed by atoms with Crippen LogP contribution in [0.15, 0.2) is 17.0 Å². The average Bonchev–Trinajstić information content (AvgIpc) is 2.63. The highest BCUT2D eigenvalue weighted by Crippen LogP contribution is 2.21. The van der Waals surface area contributed by atoms with Crippen LogP contribution in [0.25, 0.3) is 0 Å². The lowest BCUT2D eigenvalue weighted by atomic mass is 10.1. The molecule has 0 aromatic heterocycles. The van der Waals surface area contributed by atoms with Gasteiger partial charge in [-0.05, 0) is 31.9 Å². The Morgan fingerprint density at radius 3 is 2.19 bits per heavy atom. The van der Waals surface area contributed by atoms with E-state index in [1.807, 2.05) is 12.2 Å². The second-order valence-electron chi connectivity index (χ2n) is 5.10. The van der Waals surface area contributed by atoms with Gasteiger partial charge in [0.2, 0.25) is 10.0 Å². The third kappa shape index (κ3) is 3.22. The number of urea groups is 1. The van der Waals surface area contributed by atoms with Gasteiger partial charge in [0.05, 0.1) is 4.90 Å². The average molecular weight is 311 g/mol. The summed E-state index contributed by atoms with van der Waals surface area (Å²) in [6.45, 7) is 5.14. The molecule has 1 aromatic carbocycles. The van der Waals surface area contributed by atoms with E-state index in [4.69, 9.17) is 0 Å². The van der Waals surface area contributed by atoms with Gasteiger partial charge in [0, 0.05) is 6.54 Å². The van der Waals surface area contributed by atoms with Crippen LogP contribution in [0, 0.1) is 20.8 Å². The fourth-order valence-corrected chi connectivity index (χ4v) is 3.95. The van der Waals surface area contributed by atoms with Crippen molar-refractivity contribution in [1.82, 2.24) is 15.4 Å². The number of imide groups is 1. The molecule has 0 saturated carbocycles. The van der Waals surface area contributed by atoms with E-state index in [-0.39, 0.29) is 11.4 Å². The van der Waals surface area contributed by atoms with Gasteiger partial charge in [-0.3, -0.25) is 10.1 Å². The Morgan fingerprint density at radius 1 is 1.14 bits per heavy atom. The van der Waals surface area contributed by atoms with Crippen LogP contribution < -0.4 is 15.4 Å². The molecule has 1 aliphatic heterocycles. The molecule has 114 valence electrons. The maximum Gasteiger partial charge on any atom is 0.322 e. The third-order valence-corrected chi connectivity index (χ3v) is 4.94. The van der Waals surface area contributed by atoms with E-state index < -0.39 is 28.0 Å². The minimum atomic E-state index is -3.75. The standard InChI is InChI=1S/C13H17N3O4S/c1-7-4-8(2)11(9(3)5-7)21(19,20)14-6-10-12(17)16-13(18)15-10/h4-5,10,14H,6H2,1-3H3,(H2,15,16,17,18). The largest absolute Gasteiger partial charge is 0.325 e. The van der Waals surface area contributed by atoms with Crippen molar-refractivity contribution in [2.24, 2.45) is 0 Å². The number of benzene rings is 1. The van der Waals surface area contributed by atoms with Gasteiger partial charge in [-0.1, -0.05) is 17.7 Å². The fraction of sp³-hybridized carbons (Fsp3) is 0.385. The SMILES string of the molecule is Cc1cc(C)c(S(=O)(=O)NCC2NC(=O)NC2=O)c(C)c1. The van der Waals surface area contributed by atoms with Crippen LogP contribution in [0.3, 0.4) is 0 Å². The topological polar surface area (TPSA) is 104 Å². The van der Waals surface area contributed by atoms with Crippen molar-refractivity contribution in [3.05, 3.63) is 28.8 Å². The lowest BCUT2D eigenvalue weighted by Gasteiger charge is -2.14. The lowest BCUT2D eigenvalue weighted by molar-refractivity contribution is -0.120. The zero-order valence-electron chi connectivity index (χ0n) is 12.0. The number of carbonyl (C=O) groups is 2. The smallest absolute Gasteiger partial charge is 0.322 e. The summed E-state index contributed by atoms with van der Waals surface area (Å²) in [5.41, 5.74) is 2.26. The van der Waals surface area contributed by atoms with Gasteiger partial charge >= 0.3 is 6.03 Å². The number of rotatable bonds is 4. The van der Waals surface area contributed by atoms with Crippen molar-refractivity contribution in [3.8, 4) is 0 Å². The van der Waals surface area contributed by atoms with Crippen molar-refractivity contribution >= 4 is 22.0 Å². The summed E-state index contributed by atoms with van der Waals surface area (Å²) >= 11 is 0. The Kier molecular flexibility index (Phi) is 4.02. The molecule has 8 heteroatoms. The Morgan fingerprint density at radius 2 is 1.71 bits per heavy atom. The quantitative estimate of drug-likeness (QED) is 0.686. The Bertz CT molecular complexity index is 689. The lowest BCUT2D eigenvalue weighted by Crippen LogP contribution is -2.41. The van der Waals surface area contributed by atoms with E-state index in [1.54, 1.807) is 26.0 Å². The molecule has 1 atom stereocenters. The van der Waals surface area contributed by atoms with Crippen LogP contribution in [0.5, 0.6) is 0 Å². The summed E-state index contributed by atoms with van der Waals surface area (Å²) in [5.74, 6) is -0.542. The highest BCUT2D eigenvalue weighted by molar-refractivity contribution is 7.89. The number of nitrogens with one attached hydrogen (secondary N) is 3. The van der Waals surface area contributed by atoms with Gasteiger partial charge in [0.15, 0.2) is 0 Å². The number of carbonyl (C=O) groups excluding carboxylic acids is 2. The molecule has 0 aliphatic carbocycles. The van der Waals surface area contributed by atoms with Crippen molar-refractivity contribution < 1.29 is 18.0 Å². The van der Waals surface area contributed by atoms with Gasteiger partial charge in [-0.15, -0.1) is 0 Å². The Balaban J connectivity index is 2.20. The van der Waals surface area contributed by atoms with Crippen LogP contribution in [-0.2, 0) is 14.8 Å². The van der Waals surface area contributed by atoms with Gasteiger partial charge < -0.3 is 5.32 Å². The first-order valence-electron chi connectivity index (χ1n) is 6.39. The molecular weight excluding hydrogens is 294 g/mol. The second kappa shape index (κ2) is 5.45. The van der Waals surface area contributed by atoms with Crippen molar-refractivity contribution in [2.75, 3.05) is 6.54 Å². The molecule has 1 heterocycles. The molecule has 1 aromatic rings. The highest BCUT2D eigenvalue weighted by atomic mass is 32.2. The minimum absolute atomic E-state index is 0.188. The number of sulfonamides is 1. The van der Waals surface area contributed by atoms with Crippen LogP contribution in [-0.4, -0.2) is 32.9 Å². The summed E-state index contributed by atoms with van der Waals surface area (Å²) in [4.78, 5) is 22.6. The van der Waals surface area contributed by atoms with Crippen LogP contribution >= 0.6 is 0 Å². The van der Waals surface area contributed by atoms with E-state index in [0.29, 0.717) is 11.1 Å². The summed E-state index contributed by atoms with van der Waals surface area (Å²) < 4.78 is 27.1. The zero-order valence-corrected chi connectivity index (χ0v) is 12.8. The van der Waals surface area contributed by atoms with Gasteiger partial charge in [-0.2, -0.15) is 0 Å². The predicted octanol–water partition coefficient (Wildman–Crippen LogP) is 0.0982. The maximum absolute atomic E-state index is 12.4. The van der Waals surface area contributed by atoms with Crippen LogP contribution in [0.4, 0.5) is 4.79 Å². The molecule has 3 amide bonds. The number of hydrogen-bond donors (Lipinski definition) is 3. The fourth-order valence-electron chi connectivity index (χ4n) is 2.46. The molecular formula is C13H17N3O4S. The first-order chi connectivity index (χ1) is 9.70. The Hall–Kier alpha value is -1.93. The Labute approximate surface area is 123 Å². The van der Waals surface area contributed by atoms with Gasteiger partial charge in [0.1, 0.15) is 6.04 Å². The first kappa shape index (κ1) is 15.5. The summed E-state index contributed by atoms with van der Waals surface area (Å²) in [5, 5.41) is 4.39.